The van der Waals surface area contributed by atoms with E-state index in [4.69, 9.17) is 4.98 Å². The van der Waals surface area contributed by atoms with Crippen molar-refractivity contribution in [1.29, 1.82) is 0 Å². The Hall–Kier alpha value is -3.19. The highest BCUT2D eigenvalue weighted by molar-refractivity contribution is 9.10. The van der Waals surface area contributed by atoms with Crippen molar-refractivity contribution in [2.24, 2.45) is 0 Å². The molecule has 166 valence electrons. The molecular weight excluding hydrogens is 468 g/mol. The van der Waals surface area contributed by atoms with Gasteiger partial charge in [0.1, 0.15) is 12.4 Å². The maximum absolute atomic E-state index is 12.9. The van der Waals surface area contributed by atoms with Crippen molar-refractivity contribution < 1.29 is 9.59 Å². The lowest BCUT2D eigenvalue weighted by atomic mass is 10.2. The van der Waals surface area contributed by atoms with Gasteiger partial charge in [-0.2, -0.15) is 0 Å². The molecule has 0 unspecified atom stereocenters. The number of aromatic nitrogens is 2. The van der Waals surface area contributed by atoms with Crippen LogP contribution in [0.1, 0.15) is 22.6 Å². The summed E-state index contributed by atoms with van der Waals surface area (Å²) >= 11 is 3.38. The van der Waals surface area contributed by atoms with E-state index in [1.165, 1.54) is 0 Å². The molecule has 32 heavy (non-hydrogen) atoms. The molecule has 0 aliphatic rings. The zero-order valence-corrected chi connectivity index (χ0v) is 19.6. The lowest BCUT2D eigenvalue weighted by molar-refractivity contribution is -0.130. The van der Waals surface area contributed by atoms with E-state index >= 15 is 0 Å². The lowest BCUT2D eigenvalue weighted by Gasteiger charge is -2.20. The first-order valence-corrected chi connectivity index (χ1v) is 11.3. The highest BCUT2D eigenvalue weighted by Gasteiger charge is 2.17. The Kier molecular flexibility index (Phi) is 8.39. The van der Waals surface area contributed by atoms with Crippen LogP contribution in [0.25, 0.3) is 11.0 Å². The van der Waals surface area contributed by atoms with Gasteiger partial charge in [0.05, 0.1) is 11.0 Å². The Morgan fingerprint density at radius 1 is 1.09 bits per heavy atom. The predicted octanol–water partition coefficient (Wildman–Crippen LogP) is 4.36. The molecule has 1 N–H and O–H groups in total. The van der Waals surface area contributed by atoms with Gasteiger partial charge in [-0.3, -0.25) is 9.59 Å². The van der Waals surface area contributed by atoms with Gasteiger partial charge in [0, 0.05) is 36.1 Å². The number of fused-ring (bicyclic) bond motifs is 1. The van der Waals surface area contributed by atoms with Gasteiger partial charge in [-0.1, -0.05) is 46.3 Å². The Morgan fingerprint density at radius 2 is 1.84 bits per heavy atom. The van der Waals surface area contributed by atoms with Crippen LogP contribution in [-0.4, -0.2) is 45.9 Å². The van der Waals surface area contributed by atoms with Crippen molar-refractivity contribution in [1.82, 2.24) is 19.8 Å². The van der Waals surface area contributed by atoms with E-state index in [1.54, 1.807) is 29.2 Å². The number of halogens is 1. The summed E-state index contributed by atoms with van der Waals surface area (Å²) in [5.74, 6) is 0.699. The van der Waals surface area contributed by atoms with Crippen LogP contribution >= 0.6 is 15.9 Å². The maximum atomic E-state index is 12.9. The van der Waals surface area contributed by atoms with Gasteiger partial charge in [-0.15, -0.1) is 13.2 Å². The molecule has 1 heterocycles. The minimum absolute atomic E-state index is 0.0165. The van der Waals surface area contributed by atoms with Crippen molar-refractivity contribution in [2.45, 2.75) is 19.4 Å². The number of hydrogen-bond donors (Lipinski definition) is 1. The zero-order valence-electron chi connectivity index (χ0n) is 18.0. The van der Waals surface area contributed by atoms with Gasteiger partial charge in [0.15, 0.2) is 0 Å². The van der Waals surface area contributed by atoms with Crippen molar-refractivity contribution in [3.63, 3.8) is 0 Å². The third kappa shape index (κ3) is 5.95. The van der Waals surface area contributed by atoms with Crippen LogP contribution in [0.4, 0.5) is 0 Å². The van der Waals surface area contributed by atoms with E-state index in [0.29, 0.717) is 38.0 Å². The molecule has 0 bridgehead atoms. The van der Waals surface area contributed by atoms with E-state index in [-0.39, 0.29) is 18.4 Å². The number of aryl methyl sites for hydroxylation is 1. The first kappa shape index (κ1) is 23.5. The van der Waals surface area contributed by atoms with Crippen LogP contribution in [-0.2, 0) is 17.8 Å². The average molecular weight is 495 g/mol. The fourth-order valence-electron chi connectivity index (χ4n) is 3.50. The monoisotopic (exact) mass is 494 g/mol. The molecule has 7 heteroatoms. The van der Waals surface area contributed by atoms with Crippen molar-refractivity contribution in [3.05, 3.63) is 89.7 Å². The molecule has 0 aliphatic heterocycles. The molecule has 0 saturated heterocycles. The molecule has 0 atom stereocenters. The summed E-state index contributed by atoms with van der Waals surface area (Å²) in [7, 11) is 0. The van der Waals surface area contributed by atoms with E-state index in [2.05, 4.69) is 34.4 Å². The average Bonchev–Trinajstić information content (AvgIpc) is 3.13. The third-order valence-electron chi connectivity index (χ3n) is 5.03. The largest absolute Gasteiger partial charge is 0.352 e. The van der Waals surface area contributed by atoms with Crippen LogP contribution in [0.5, 0.6) is 0 Å². The van der Waals surface area contributed by atoms with Crippen LogP contribution in [0.15, 0.2) is 78.3 Å². The summed E-state index contributed by atoms with van der Waals surface area (Å²) in [5.41, 5.74) is 2.39. The molecule has 1 aromatic heterocycles. The predicted molar refractivity (Wildman–Crippen MR) is 132 cm³/mol. The Bertz CT molecular complexity index is 1110. The fraction of sp³-hybridized carbons (Fsp3) is 0.240. The second-order valence-electron chi connectivity index (χ2n) is 7.35. The van der Waals surface area contributed by atoms with Crippen molar-refractivity contribution in [3.8, 4) is 0 Å². The van der Waals surface area contributed by atoms with Gasteiger partial charge < -0.3 is 14.8 Å². The van der Waals surface area contributed by atoms with Crippen LogP contribution < -0.4 is 5.32 Å². The fourth-order valence-corrected chi connectivity index (χ4v) is 3.90. The van der Waals surface area contributed by atoms with Gasteiger partial charge in [-0.05, 0) is 36.8 Å². The zero-order chi connectivity index (χ0) is 22.9. The number of rotatable bonds is 11. The Labute approximate surface area is 196 Å². The van der Waals surface area contributed by atoms with E-state index in [1.807, 2.05) is 41.0 Å². The minimum atomic E-state index is -0.112. The number of carbonyl (C=O) groups is 2. The van der Waals surface area contributed by atoms with E-state index < -0.39 is 0 Å². The third-order valence-corrected chi connectivity index (χ3v) is 5.52. The van der Waals surface area contributed by atoms with Crippen LogP contribution in [0.2, 0.25) is 0 Å². The second-order valence-corrected chi connectivity index (χ2v) is 8.26. The second kappa shape index (κ2) is 11.4. The van der Waals surface area contributed by atoms with Crippen LogP contribution in [0, 0.1) is 0 Å². The van der Waals surface area contributed by atoms with Gasteiger partial charge in [-0.25, -0.2) is 4.98 Å². The maximum Gasteiger partial charge on any atom is 0.251 e. The topological polar surface area (TPSA) is 67.2 Å². The number of nitrogens with zero attached hydrogens (tertiary/aromatic N) is 3. The van der Waals surface area contributed by atoms with E-state index in [0.717, 1.165) is 21.3 Å². The Balaban J connectivity index is 1.68. The van der Waals surface area contributed by atoms with Crippen molar-refractivity contribution in [2.75, 3.05) is 19.6 Å². The molecule has 0 fully saturated rings. The molecule has 0 saturated carbocycles. The number of imidazole rings is 1. The molecule has 2 amide bonds. The number of hydrogen-bond acceptors (Lipinski definition) is 3. The highest BCUT2D eigenvalue weighted by Crippen LogP contribution is 2.18. The van der Waals surface area contributed by atoms with E-state index in [9.17, 15) is 9.59 Å². The quantitative estimate of drug-likeness (QED) is 0.318. The number of carbonyl (C=O) groups excluding carboxylic acids is 2. The summed E-state index contributed by atoms with van der Waals surface area (Å²) < 4.78 is 2.83. The molecule has 2 aromatic carbocycles. The molecule has 0 radical (unpaired) electrons. The normalized spacial score (nSPS) is 10.7. The van der Waals surface area contributed by atoms with Crippen LogP contribution in [0.3, 0.4) is 0 Å². The molecule has 0 spiro atoms. The first-order chi connectivity index (χ1) is 15.5. The molecular formula is C25H27BrN4O2. The minimum Gasteiger partial charge on any atom is -0.352 e. The number of amides is 2. The van der Waals surface area contributed by atoms with Gasteiger partial charge in [0.2, 0.25) is 5.91 Å². The first-order valence-electron chi connectivity index (χ1n) is 10.5. The summed E-state index contributed by atoms with van der Waals surface area (Å²) in [6.45, 7) is 9.12. The summed E-state index contributed by atoms with van der Waals surface area (Å²) in [5, 5.41) is 2.95. The highest BCUT2D eigenvalue weighted by atomic mass is 79.9. The lowest BCUT2D eigenvalue weighted by Crippen LogP contribution is -2.34. The molecule has 3 aromatic rings. The summed E-state index contributed by atoms with van der Waals surface area (Å²) in [6, 6.07) is 15.1. The molecule has 3 rings (SSSR count). The molecule has 0 aliphatic carbocycles. The number of benzene rings is 2. The number of para-hydroxylation sites is 2. The Morgan fingerprint density at radius 3 is 2.56 bits per heavy atom. The van der Waals surface area contributed by atoms with Crippen molar-refractivity contribution >= 4 is 38.8 Å². The van der Waals surface area contributed by atoms with Gasteiger partial charge >= 0.3 is 0 Å². The number of nitrogens with one attached hydrogen (secondary N) is 1. The smallest absolute Gasteiger partial charge is 0.251 e. The molecule has 6 nitrogen and oxygen atoms in total. The SMILES string of the molecule is C=CCN(CC=C)C(=O)Cn1c(CCCNC(=O)c2cccc(Br)c2)nc2ccccc21. The summed E-state index contributed by atoms with van der Waals surface area (Å²) in [6.07, 6.45) is 4.77. The van der Waals surface area contributed by atoms with Gasteiger partial charge in [0.25, 0.3) is 5.91 Å². The summed E-state index contributed by atoms with van der Waals surface area (Å²) in [4.78, 5) is 31.7. The standard InChI is InChI=1S/C25H27BrN4O2/c1-3-15-29(16-4-2)24(31)18-30-22-12-6-5-11-21(22)28-23(30)13-8-14-27-25(32)19-9-7-10-20(26)17-19/h3-7,9-12,17H,1-2,8,13-16,18H2,(H,27,32).